The number of quaternary nitrogens is 1. The van der Waals surface area contributed by atoms with Gasteiger partial charge in [0.1, 0.15) is 5.60 Å². The lowest BCUT2D eigenvalue weighted by Crippen LogP contribution is -3.00. The molecule has 0 radical (unpaired) electrons. The molecule has 5 heteroatoms. The van der Waals surface area contributed by atoms with Gasteiger partial charge in [-0.3, -0.25) is 0 Å². The molecule has 2 atom stereocenters. The Balaban J connectivity index is 0.00000182. The van der Waals surface area contributed by atoms with Gasteiger partial charge in [-0.1, -0.05) is 12.1 Å². The summed E-state index contributed by atoms with van der Waals surface area (Å²) in [4.78, 5) is 2.21. The largest absolute Gasteiger partial charge is 1.00 e. The van der Waals surface area contributed by atoms with E-state index in [1.165, 1.54) is 36.6 Å². The Morgan fingerprint density at radius 1 is 1.04 bits per heavy atom. The first kappa shape index (κ1) is 19.6. The molecule has 2 unspecified atom stereocenters. The summed E-state index contributed by atoms with van der Waals surface area (Å²) < 4.78 is 1.20. The molecule has 0 amide bonds. The monoisotopic (exact) mass is 441 g/mol. The van der Waals surface area contributed by atoms with E-state index < -0.39 is 5.60 Å². The van der Waals surface area contributed by atoms with Crippen molar-refractivity contribution in [1.82, 2.24) is 0 Å². The third-order valence-corrected chi connectivity index (χ3v) is 8.65. The lowest BCUT2D eigenvalue weighted by Gasteiger charge is -2.54. The second kappa shape index (κ2) is 7.43. The van der Waals surface area contributed by atoms with E-state index in [4.69, 9.17) is 0 Å². The maximum Gasteiger partial charge on any atom is 0.133 e. The Morgan fingerprint density at radius 3 is 2.00 bits per heavy atom. The summed E-state index contributed by atoms with van der Waals surface area (Å²) in [5.74, 6) is 0.626. The zero-order valence-electron chi connectivity index (χ0n) is 15.0. The average Bonchev–Trinajstić information content (AvgIpc) is 3.22. The highest BCUT2D eigenvalue weighted by molar-refractivity contribution is 7.11. The van der Waals surface area contributed by atoms with Crippen LogP contribution in [0.1, 0.15) is 48.3 Å². The van der Waals surface area contributed by atoms with Gasteiger partial charge in [-0.2, -0.15) is 0 Å². The van der Waals surface area contributed by atoms with Crippen LogP contribution in [-0.2, 0) is 5.60 Å². The molecule has 4 rings (SSSR count). The molecule has 4 heterocycles. The lowest BCUT2D eigenvalue weighted by atomic mass is 9.72. The molecular formula is C20H28BrNOS2. The number of hydrogen-bond acceptors (Lipinski definition) is 3. The zero-order chi connectivity index (χ0) is 16.8. The quantitative estimate of drug-likeness (QED) is 0.717. The van der Waals surface area contributed by atoms with Crippen molar-refractivity contribution in [3.8, 4) is 0 Å². The van der Waals surface area contributed by atoms with Gasteiger partial charge in [0.15, 0.2) is 0 Å². The Kier molecular flexibility index (Phi) is 5.81. The van der Waals surface area contributed by atoms with Crippen LogP contribution in [-0.4, -0.2) is 35.8 Å². The molecule has 2 bridgehead atoms. The van der Waals surface area contributed by atoms with Crippen LogP contribution in [0.2, 0.25) is 0 Å². The van der Waals surface area contributed by atoms with Gasteiger partial charge in [0, 0.05) is 22.6 Å². The number of halogens is 1. The van der Waals surface area contributed by atoms with E-state index in [1.54, 1.807) is 22.7 Å². The Morgan fingerprint density at radius 2 is 1.56 bits per heavy atom. The maximum absolute atomic E-state index is 11.7. The summed E-state index contributed by atoms with van der Waals surface area (Å²) >= 11 is 3.38. The van der Waals surface area contributed by atoms with E-state index in [1.807, 2.05) is 0 Å². The van der Waals surface area contributed by atoms with Crippen molar-refractivity contribution in [1.29, 1.82) is 0 Å². The van der Waals surface area contributed by atoms with Crippen molar-refractivity contribution >= 4 is 22.7 Å². The van der Waals surface area contributed by atoms with E-state index in [2.05, 4.69) is 49.1 Å². The van der Waals surface area contributed by atoms with Crippen molar-refractivity contribution in [2.45, 2.75) is 56.2 Å². The highest BCUT2D eigenvalue weighted by Crippen LogP contribution is 2.47. The second-order valence-corrected chi connectivity index (χ2v) is 10.1. The van der Waals surface area contributed by atoms with Crippen LogP contribution in [0.4, 0.5) is 0 Å². The summed E-state index contributed by atoms with van der Waals surface area (Å²) in [7, 11) is 4.85. The van der Waals surface area contributed by atoms with Crippen LogP contribution in [0.25, 0.3) is 0 Å². The van der Waals surface area contributed by atoms with Gasteiger partial charge >= 0.3 is 0 Å². The predicted octanol–water partition coefficient (Wildman–Crippen LogP) is 1.85. The number of fused-ring (bicyclic) bond motifs is 2. The molecule has 0 spiro atoms. The molecule has 0 aliphatic carbocycles. The Hall–Kier alpha value is -0.200. The topological polar surface area (TPSA) is 20.2 Å². The summed E-state index contributed by atoms with van der Waals surface area (Å²) in [5, 5.41) is 15.9. The smallest absolute Gasteiger partial charge is 0.133 e. The molecule has 2 saturated heterocycles. The van der Waals surface area contributed by atoms with Crippen molar-refractivity contribution < 1.29 is 26.6 Å². The number of piperidine rings is 2. The summed E-state index contributed by atoms with van der Waals surface area (Å²) in [6.07, 6.45) is 7.52. The van der Waals surface area contributed by atoms with Crippen molar-refractivity contribution in [2.24, 2.45) is 5.92 Å². The summed E-state index contributed by atoms with van der Waals surface area (Å²) in [6.45, 7) is 0. The van der Waals surface area contributed by atoms with Gasteiger partial charge in [0.05, 0.1) is 26.2 Å². The molecule has 2 aliphatic rings. The number of hydrogen-bond donors (Lipinski definition) is 1. The molecule has 138 valence electrons. The highest BCUT2D eigenvalue weighted by Gasteiger charge is 2.48. The Labute approximate surface area is 169 Å². The van der Waals surface area contributed by atoms with Crippen molar-refractivity contribution in [3.63, 3.8) is 0 Å². The molecule has 0 aromatic carbocycles. The summed E-state index contributed by atoms with van der Waals surface area (Å²) in [6, 6.07) is 9.89. The predicted molar refractivity (Wildman–Crippen MR) is 103 cm³/mol. The molecule has 2 aromatic rings. The normalized spacial score (nSPS) is 28.4. The Bertz CT molecular complexity index is 618. The third-order valence-electron chi connectivity index (χ3n) is 6.61. The van der Waals surface area contributed by atoms with E-state index in [-0.39, 0.29) is 17.0 Å². The summed E-state index contributed by atoms with van der Waals surface area (Å²) in [5.41, 5.74) is -0.796. The number of nitrogens with zero attached hydrogens (tertiary/aromatic N) is 1. The SMILES string of the molecule is C[N+]1(C)C2CCCC1CC(CC(O)(c1cccs1)c1cccs1)C2.[Br-]. The van der Waals surface area contributed by atoms with E-state index in [9.17, 15) is 5.11 Å². The van der Waals surface area contributed by atoms with Crippen LogP contribution < -0.4 is 17.0 Å². The van der Waals surface area contributed by atoms with Gasteiger partial charge in [0.25, 0.3) is 0 Å². The number of rotatable bonds is 4. The zero-order valence-corrected chi connectivity index (χ0v) is 18.2. The first-order valence-corrected chi connectivity index (χ1v) is 10.9. The van der Waals surface area contributed by atoms with Crippen LogP contribution in [0, 0.1) is 5.92 Å². The molecule has 2 aromatic heterocycles. The van der Waals surface area contributed by atoms with Gasteiger partial charge in [-0.25, -0.2) is 0 Å². The fourth-order valence-corrected chi connectivity index (χ4v) is 6.90. The fourth-order valence-electron chi connectivity index (χ4n) is 5.13. The minimum Gasteiger partial charge on any atom is -1.00 e. The molecule has 2 nitrogen and oxygen atoms in total. The average molecular weight is 442 g/mol. The number of thiophene rings is 2. The van der Waals surface area contributed by atoms with Crippen molar-refractivity contribution in [3.05, 3.63) is 44.8 Å². The molecule has 2 aliphatic heterocycles. The molecule has 2 fully saturated rings. The highest BCUT2D eigenvalue weighted by atomic mass is 79.9. The first-order valence-electron chi connectivity index (χ1n) is 9.14. The van der Waals surface area contributed by atoms with Gasteiger partial charge < -0.3 is 26.6 Å². The van der Waals surface area contributed by atoms with Gasteiger partial charge in [-0.15, -0.1) is 22.7 Å². The second-order valence-electron chi connectivity index (χ2n) is 8.22. The minimum atomic E-state index is -0.796. The first-order chi connectivity index (χ1) is 11.5. The van der Waals surface area contributed by atoms with Crippen molar-refractivity contribution in [2.75, 3.05) is 14.1 Å². The van der Waals surface area contributed by atoms with Crippen LogP contribution in [0.15, 0.2) is 35.0 Å². The van der Waals surface area contributed by atoms with Crippen LogP contribution in [0.3, 0.4) is 0 Å². The molecule has 0 saturated carbocycles. The van der Waals surface area contributed by atoms with Crippen LogP contribution >= 0.6 is 22.7 Å². The van der Waals surface area contributed by atoms with E-state index >= 15 is 0 Å². The van der Waals surface area contributed by atoms with E-state index in [0.29, 0.717) is 5.92 Å². The van der Waals surface area contributed by atoms with Gasteiger partial charge in [0.2, 0.25) is 0 Å². The minimum absolute atomic E-state index is 0. The number of aliphatic hydroxyl groups is 1. The van der Waals surface area contributed by atoms with Crippen LogP contribution in [0.5, 0.6) is 0 Å². The molecular weight excluding hydrogens is 414 g/mol. The lowest BCUT2D eigenvalue weighted by molar-refractivity contribution is -0.950. The third kappa shape index (κ3) is 3.51. The van der Waals surface area contributed by atoms with Gasteiger partial charge in [-0.05, 0) is 54.5 Å². The molecule has 25 heavy (non-hydrogen) atoms. The maximum atomic E-state index is 11.7. The fraction of sp³-hybridized carbons (Fsp3) is 0.600. The standard InChI is InChI=1S/C20H28NOS2.BrH/c1-21(2)16-6-3-7-17(21)13-15(12-16)14-20(22,18-8-4-10-23-18)19-9-5-11-24-19;/h4-5,8-11,15-17,22H,3,6-7,12-14H2,1-2H3;1H/q+1;/p-1. The molecule has 1 N–H and O–H groups in total. The van der Waals surface area contributed by atoms with E-state index in [0.717, 1.165) is 28.3 Å².